The molecule has 0 radical (unpaired) electrons. The smallest absolute Gasteiger partial charge is 0.341 e. The number of hydrogen-bond acceptors (Lipinski definition) is 5. The van der Waals surface area contributed by atoms with E-state index >= 15 is 0 Å². The van der Waals surface area contributed by atoms with Crippen LogP contribution in [0.5, 0.6) is 0 Å². The number of aryl methyl sites for hydroxylation is 1. The van der Waals surface area contributed by atoms with Gasteiger partial charge in [0.15, 0.2) is 0 Å². The Hall–Kier alpha value is -1.67. The van der Waals surface area contributed by atoms with E-state index in [1.54, 1.807) is 30.9 Å². The van der Waals surface area contributed by atoms with Gasteiger partial charge in [0.1, 0.15) is 11.0 Å². The van der Waals surface area contributed by atoms with Gasteiger partial charge in [-0.15, -0.1) is 11.3 Å². The molecule has 1 unspecified atom stereocenters. The maximum atomic E-state index is 12.6. The van der Waals surface area contributed by atoms with Gasteiger partial charge in [-0.3, -0.25) is 9.48 Å². The van der Waals surface area contributed by atoms with Gasteiger partial charge in [0, 0.05) is 11.1 Å². The highest BCUT2D eigenvalue weighted by atomic mass is 79.9. The number of carbonyl (C=O) groups is 2. The van der Waals surface area contributed by atoms with Crippen molar-refractivity contribution >= 4 is 44.1 Å². The highest BCUT2D eigenvalue weighted by molar-refractivity contribution is 9.10. The first-order valence-corrected chi connectivity index (χ1v) is 9.94. The fourth-order valence-electron chi connectivity index (χ4n) is 2.94. The van der Waals surface area contributed by atoms with Gasteiger partial charge in [-0.1, -0.05) is 0 Å². The average Bonchev–Trinajstić information content (AvgIpc) is 3.17. The molecule has 0 aliphatic heterocycles. The number of carbonyl (C=O) groups excluding carboxylic acids is 2. The van der Waals surface area contributed by atoms with Crippen LogP contribution in [-0.2, 0) is 22.4 Å². The van der Waals surface area contributed by atoms with Gasteiger partial charge >= 0.3 is 5.97 Å². The number of amides is 1. The van der Waals surface area contributed by atoms with Crippen molar-refractivity contribution in [2.24, 2.45) is 0 Å². The molecular weight excluding hydrogens is 406 g/mol. The van der Waals surface area contributed by atoms with Crippen LogP contribution in [0.3, 0.4) is 0 Å². The molecule has 0 spiro atoms. The normalized spacial score (nSPS) is 14.7. The van der Waals surface area contributed by atoms with E-state index in [2.05, 4.69) is 26.3 Å². The Morgan fingerprint density at radius 3 is 2.88 bits per heavy atom. The number of nitrogens with zero attached hydrogens (tertiary/aromatic N) is 2. The lowest BCUT2D eigenvalue weighted by Gasteiger charge is -2.14. The standard InChI is InChI=1S/C17H20BrN3O3S/c1-3-24-17(23)14-12-6-4-5-7-13(12)25-16(14)20-15(22)10(2)21-9-11(18)8-19-21/h8-10H,3-7H2,1-2H3,(H,20,22). The Bertz CT molecular complexity index is 799. The summed E-state index contributed by atoms with van der Waals surface area (Å²) in [5.74, 6) is -0.563. The van der Waals surface area contributed by atoms with Crippen LogP contribution in [0.1, 0.15) is 53.5 Å². The first-order valence-electron chi connectivity index (χ1n) is 8.33. The van der Waals surface area contributed by atoms with Crippen molar-refractivity contribution < 1.29 is 14.3 Å². The predicted octanol–water partition coefficient (Wildman–Crippen LogP) is 3.96. The molecule has 1 N–H and O–H groups in total. The molecule has 2 aromatic rings. The number of anilines is 1. The van der Waals surface area contributed by atoms with Crippen LogP contribution in [0.25, 0.3) is 0 Å². The third-order valence-corrected chi connectivity index (χ3v) is 5.85. The Morgan fingerprint density at radius 2 is 2.20 bits per heavy atom. The molecule has 2 heterocycles. The second-order valence-electron chi connectivity index (χ2n) is 5.94. The van der Waals surface area contributed by atoms with Crippen molar-refractivity contribution in [3.05, 3.63) is 32.9 Å². The minimum atomic E-state index is -0.486. The van der Waals surface area contributed by atoms with Crippen LogP contribution in [0.4, 0.5) is 5.00 Å². The Balaban J connectivity index is 1.87. The second kappa shape index (κ2) is 7.70. The third-order valence-electron chi connectivity index (χ3n) is 4.23. The van der Waals surface area contributed by atoms with Crippen LogP contribution >= 0.6 is 27.3 Å². The molecule has 0 aromatic carbocycles. The summed E-state index contributed by atoms with van der Waals surface area (Å²) >= 11 is 4.82. The first kappa shape index (κ1) is 18.1. The van der Waals surface area contributed by atoms with E-state index in [9.17, 15) is 9.59 Å². The van der Waals surface area contributed by atoms with E-state index in [4.69, 9.17) is 4.74 Å². The molecule has 0 saturated carbocycles. The summed E-state index contributed by atoms with van der Waals surface area (Å²) in [6.45, 7) is 3.87. The van der Waals surface area contributed by atoms with Crippen LogP contribution in [0.15, 0.2) is 16.9 Å². The monoisotopic (exact) mass is 425 g/mol. The number of hydrogen-bond donors (Lipinski definition) is 1. The maximum Gasteiger partial charge on any atom is 0.341 e. The molecule has 0 saturated heterocycles. The molecule has 0 fully saturated rings. The summed E-state index contributed by atoms with van der Waals surface area (Å²) in [4.78, 5) is 26.2. The molecule has 8 heteroatoms. The second-order valence-corrected chi connectivity index (χ2v) is 7.96. The molecular formula is C17H20BrN3O3S. The predicted molar refractivity (Wildman–Crippen MR) is 100 cm³/mol. The lowest BCUT2D eigenvalue weighted by Crippen LogP contribution is -2.24. The lowest BCUT2D eigenvalue weighted by molar-refractivity contribution is -0.119. The SMILES string of the molecule is CCOC(=O)c1c(NC(=O)C(C)n2cc(Br)cn2)sc2c1CCCC2. The van der Waals surface area contributed by atoms with Crippen molar-refractivity contribution in [2.75, 3.05) is 11.9 Å². The van der Waals surface area contributed by atoms with E-state index < -0.39 is 6.04 Å². The molecule has 0 bridgehead atoms. The van der Waals surface area contributed by atoms with Crippen LogP contribution in [0.2, 0.25) is 0 Å². The number of ether oxygens (including phenoxy) is 1. The van der Waals surface area contributed by atoms with E-state index in [0.29, 0.717) is 17.2 Å². The number of rotatable bonds is 5. The molecule has 6 nitrogen and oxygen atoms in total. The van der Waals surface area contributed by atoms with Crippen LogP contribution < -0.4 is 5.32 Å². The Kier molecular flexibility index (Phi) is 5.58. The van der Waals surface area contributed by atoms with Gasteiger partial charge in [0.25, 0.3) is 0 Å². The van der Waals surface area contributed by atoms with Crippen LogP contribution in [0, 0.1) is 0 Å². The topological polar surface area (TPSA) is 73.2 Å². The zero-order chi connectivity index (χ0) is 18.0. The van der Waals surface area contributed by atoms with E-state index in [0.717, 1.165) is 35.7 Å². The summed E-state index contributed by atoms with van der Waals surface area (Å²) in [6.07, 6.45) is 7.36. The summed E-state index contributed by atoms with van der Waals surface area (Å²) in [6, 6.07) is -0.486. The maximum absolute atomic E-state index is 12.6. The third kappa shape index (κ3) is 3.79. The molecule has 1 atom stereocenters. The van der Waals surface area contributed by atoms with Gasteiger partial charge in [-0.25, -0.2) is 4.79 Å². The molecule has 25 heavy (non-hydrogen) atoms. The van der Waals surface area contributed by atoms with Crippen molar-refractivity contribution in [1.82, 2.24) is 9.78 Å². The van der Waals surface area contributed by atoms with Crippen molar-refractivity contribution in [3.63, 3.8) is 0 Å². The number of halogens is 1. The van der Waals surface area contributed by atoms with Crippen molar-refractivity contribution in [1.29, 1.82) is 0 Å². The Labute approximate surface area is 158 Å². The van der Waals surface area contributed by atoms with Crippen molar-refractivity contribution in [2.45, 2.75) is 45.6 Å². The molecule has 3 rings (SSSR count). The quantitative estimate of drug-likeness (QED) is 0.735. The zero-order valence-electron chi connectivity index (χ0n) is 14.2. The summed E-state index contributed by atoms with van der Waals surface area (Å²) < 4.78 is 7.61. The summed E-state index contributed by atoms with van der Waals surface area (Å²) in [7, 11) is 0. The van der Waals surface area contributed by atoms with Gasteiger partial charge in [0.2, 0.25) is 5.91 Å². The number of thiophene rings is 1. The highest BCUT2D eigenvalue weighted by Gasteiger charge is 2.28. The van der Waals surface area contributed by atoms with Crippen LogP contribution in [-0.4, -0.2) is 28.3 Å². The minimum Gasteiger partial charge on any atom is -0.462 e. The van der Waals surface area contributed by atoms with Gasteiger partial charge in [0.05, 0.1) is 22.8 Å². The van der Waals surface area contributed by atoms with Gasteiger partial charge < -0.3 is 10.1 Å². The molecule has 1 aliphatic carbocycles. The highest BCUT2D eigenvalue weighted by Crippen LogP contribution is 2.38. The van der Waals surface area contributed by atoms with E-state index in [1.807, 2.05) is 0 Å². The molecule has 134 valence electrons. The number of esters is 1. The number of nitrogens with one attached hydrogen (secondary N) is 1. The molecule has 1 aliphatic rings. The average molecular weight is 426 g/mol. The van der Waals surface area contributed by atoms with Gasteiger partial charge in [-0.2, -0.15) is 5.10 Å². The summed E-state index contributed by atoms with van der Waals surface area (Å²) in [5.41, 5.74) is 1.57. The van der Waals surface area contributed by atoms with Gasteiger partial charge in [-0.05, 0) is 61.0 Å². The summed E-state index contributed by atoms with van der Waals surface area (Å²) in [5, 5.41) is 7.66. The minimum absolute atomic E-state index is 0.209. The number of fused-ring (bicyclic) bond motifs is 1. The fourth-order valence-corrected chi connectivity index (χ4v) is 4.52. The Morgan fingerprint density at radius 1 is 1.44 bits per heavy atom. The zero-order valence-corrected chi connectivity index (χ0v) is 16.6. The lowest BCUT2D eigenvalue weighted by atomic mass is 9.95. The molecule has 1 amide bonds. The first-order chi connectivity index (χ1) is 12.0. The fraction of sp³-hybridized carbons (Fsp3) is 0.471. The van der Waals surface area contributed by atoms with E-state index in [1.165, 1.54) is 16.2 Å². The van der Waals surface area contributed by atoms with Crippen molar-refractivity contribution in [3.8, 4) is 0 Å². The van der Waals surface area contributed by atoms with E-state index in [-0.39, 0.29) is 11.9 Å². The number of aromatic nitrogens is 2. The molecule has 2 aromatic heterocycles. The largest absolute Gasteiger partial charge is 0.462 e.